The number of hydrogen-bond donors (Lipinski definition) is 3. The smallest absolute Gasteiger partial charge is 0.306 e. The van der Waals surface area contributed by atoms with Crippen LogP contribution in [0.25, 0.3) is 0 Å². The Morgan fingerprint density at radius 1 is 1.10 bits per heavy atom. The zero-order valence-corrected chi connectivity index (χ0v) is 11.2. The van der Waals surface area contributed by atoms with Gasteiger partial charge in [-0.25, -0.2) is 0 Å². The van der Waals surface area contributed by atoms with Gasteiger partial charge in [0.25, 0.3) is 5.91 Å². The van der Waals surface area contributed by atoms with Crippen LogP contribution >= 0.6 is 0 Å². The van der Waals surface area contributed by atoms with E-state index < -0.39 is 5.97 Å². The summed E-state index contributed by atoms with van der Waals surface area (Å²) in [6.45, 7) is 0.575. The molecular weight excluding hydrogens is 258 g/mol. The molecule has 0 aliphatic heterocycles. The van der Waals surface area contributed by atoms with Gasteiger partial charge in [-0.05, 0) is 55.9 Å². The van der Waals surface area contributed by atoms with Crippen molar-refractivity contribution >= 4 is 11.9 Å². The molecule has 20 heavy (non-hydrogen) atoms. The van der Waals surface area contributed by atoms with E-state index in [-0.39, 0.29) is 17.6 Å². The quantitative estimate of drug-likeness (QED) is 0.785. The first-order valence-corrected chi connectivity index (χ1v) is 6.86. The third kappa shape index (κ3) is 3.73. The number of rotatable bonds is 4. The Kier molecular flexibility index (Phi) is 4.61. The van der Waals surface area contributed by atoms with Crippen molar-refractivity contribution in [2.75, 3.05) is 6.54 Å². The van der Waals surface area contributed by atoms with Crippen LogP contribution in [0.1, 0.15) is 36.0 Å². The van der Waals surface area contributed by atoms with E-state index in [9.17, 15) is 9.59 Å². The number of carbonyl (C=O) groups excluding carboxylic acids is 1. The number of aliphatic carboxylic acids is 1. The summed E-state index contributed by atoms with van der Waals surface area (Å²) in [7, 11) is 0. The minimum absolute atomic E-state index is 0.133. The average molecular weight is 277 g/mol. The number of carbonyl (C=O) groups is 2. The molecule has 0 saturated heterocycles. The molecule has 1 aliphatic carbocycles. The molecular formula is C15H19NO4. The van der Waals surface area contributed by atoms with Crippen LogP contribution in [0.4, 0.5) is 0 Å². The van der Waals surface area contributed by atoms with Gasteiger partial charge in [-0.2, -0.15) is 0 Å². The molecule has 1 amide bonds. The minimum Gasteiger partial charge on any atom is -0.508 e. The number of hydrogen-bond acceptors (Lipinski definition) is 3. The molecule has 0 spiro atoms. The summed E-state index contributed by atoms with van der Waals surface area (Å²) in [5.74, 6) is -0.610. The Labute approximate surface area is 117 Å². The van der Waals surface area contributed by atoms with E-state index in [1.165, 1.54) is 12.1 Å². The van der Waals surface area contributed by atoms with Gasteiger partial charge >= 0.3 is 5.97 Å². The molecule has 0 bridgehead atoms. The Bertz CT molecular complexity index is 475. The third-order valence-corrected chi connectivity index (χ3v) is 3.88. The number of aromatic hydroxyl groups is 1. The van der Waals surface area contributed by atoms with Gasteiger partial charge in [0, 0.05) is 12.1 Å². The van der Waals surface area contributed by atoms with E-state index in [0.717, 1.165) is 12.8 Å². The number of amides is 1. The lowest BCUT2D eigenvalue weighted by Crippen LogP contribution is -2.32. The maximum absolute atomic E-state index is 11.9. The molecule has 0 heterocycles. The molecule has 3 N–H and O–H groups in total. The Morgan fingerprint density at radius 2 is 1.70 bits per heavy atom. The number of nitrogens with one attached hydrogen (secondary N) is 1. The van der Waals surface area contributed by atoms with Gasteiger partial charge in [0.15, 0.2) is 0 Å². The number of benzene rings is 1. The zero-order valence-electron chi connectivity index (χ0n) is 11.2. The minimum atomic E-state index is -0.712. The van der Waals surface area contributed by atoms with Crippen LogP contribution in [0.5, 0.6) is 5.75 Å². The third-order valence-electron chi connectivity index (χ3n) is 3.88. The zero-order chi connectivity index (χ0) is 14.5. The van der Waals surface area contributed by atoms with E-state index in [0.29, 0.717) is 30.9 Å². The lowest BCUT2D eigenvalue weighted by Gasteiger charge is -2.26. The molecule has 5 nitrogen and oxygen atoms in total. The number of carboxylic acids is 1. The van der Waals surface area contributed by atoms with Crippen molar-refractivity contribution in [2.24, 2.45) is 11.8 Å². The molecule has 1 fully saturated rings. The molecule has 2 rings (SSSR count). The Morgan fingerprint density at radius 3 is 2.25 bits per heavy atom. The number of carboxylic acid groups (broad SMARTS) is 1. The first-order chi connectivity index (χ1) is 9.56. The fourth-order valence-corrected chi connectivity index (χ4v) is 2.57. The SMILES string of the molecule is O=C(NCC1CCC(C(=O)O)CC1)c1ccc(O)cc1. The topological polar surface area (TPSA) is 86.6 Å². The van der Waals surface area contributed by atoms with Crippen LogP contribution in [0.15, 0.2) is 24.3 Å². The van der Waals surface area contributed by atoms with Crippen LogP contribution in [0.3, 0.4) is 0 Å². The van der Waals surface area contributed by atoms with Crippen molar-refractivity contribution in [3.8, 4) is 5.75 Å². The van der Waals surface area contributed by atoms with E-state index in [2.05, 4.69) is 5.32 Å². The highest BCUT2D eigenvalue weighted by molar-refractivity contribution is 5.94. The summed E-state index contributed by atoms with van der Waals surface area (Å²) in [5.41, 5.74) is 0.516. The number of phenols is 1. The van der Waals surface area contributed by atoms with Gasteiger partial charge < -0.3 is 15.5 Å². The van der Waals surface area contributed by atoms with E-state index in [1.54, 1.807) is 12.1 Å². The molecule has 108 valence electrons. The van der Waals surface area contributed by atoms with Crippen LogP contribution in [-0.2, 0) is 4.79 Å². The maximum atomic E-state index is 11.9. The van der Waals surface area contributed by atoms with Crippen LogP contribution in [0, 0.1) is 11.8 Å². The molecule has 1 aromatic carbocycles. The molecule has 5 heteroatoms. The molecule has 1 saturated carbocycles. The fourth-order valence-electron chi connectivity index (χ4n) is 2.57. The number of phenolic OH excluding ortho intramolecular Hbond substituents is 1. The average Bonchev–Trinajstić information content (AvgIpc) is 2.46. The summed E-state index contributed by atoms with van der Waals surface area (Å²) in [6.07, 6.45) is 3.06. The van der Waals surface area contributed by atoms with Gasteiger partial charge in [0.05, 0.1) is 5.92 Å². The maximum Gasteiger partial charge on any atom is 0.306 e. The highest BCUT2D eigenvalue weighted by atomic mass is 16.4. The van der Waals surface area contributed by atoms with Crippen molar-refractivity contribution in [2.45, 2.75) is 25.7 Å². The summed E-state index contributed by atoms with van der Waals surface area (Å²) in [5, 5.41) is 20.9. The van der Waals surface area contributed by atoms with E-state index in [1.807, 2.05) is 0 Å². The van der Waals surface area contributed by atoms with Crippen molar-refractivity contribution in [1.29, 1.82) is 0 Å². The predicted octanol–water partition coefficient (Wildman–Crippen LogP) is 2.01. The molecule has 1 aliphatic rings. The second-order valence-corrected chi connectivity index (χ2v) is 5.31. The van der Waals surface area contributed by atoms with Crippen molar-refractivity contribution in [1.82, 2.24) is 5.32 Å². The molecule has 0 unspecified atom stereocenters. The van der Waals surface area contributed by atoms with Crippen LogP contribution in [0.2, 0.25) is 0 Å². The fraction of sp³-hybridized carbons (Fsp3) is 0.467. The molecule has 0 radical (unpaired) electrons. The second-order valence-electron chi connectivity index (χ2n) is 5.31. The molecule has 0 aromatic heterocycles. The van der Waals surface area contributed by atoms with Gasteiger partial charge in [-0.1, -0.05) is 0 Å². The van der Waals surface area contributed by atoms with Crippen molar-refractivity contribution in [3.05, 3.63) is 29.8 Å². The first kappa shape index (κ1) is 14.4. The molecule has 1 aromatic rings. The lowest BCUT2D eigenvalue weighted by atomic mass is 9.82. The Balaban J connectivity index is 1.77. The van der Waals surface area contributed by atoms with E-state index >= 15 is 0 Å². The summed E-state index contributed by atoms with van der Waals surface area (Å²) >= 11 is 0. The highest BCUT2D eigenvalue weighted by Gasteiger charge is 2.25. The van der Waals surface area contributed by atoms with Crippen molar-refractivity contribution < 1.29 is 19.8 Å². The largest absolute Gasteiger partial charge is 0.508 e. The van der Waals surface area contributed by atoms with Gasteiger partial charge in [0.2, 0.25) is 0 Å². The monoisotopic (exact) mass is 277 g/mol. The summed E-state index contributed by atoms with van der Waals surface area (Å²) < 4.78 is 0. The van der Waals surface area contributed by atoms with E-state index in [4.69, 9.17) is 10.2 Å². The normalized spacial score (nSPS) is 22.2. The standard InChI is InChI=1S/C15H19NO4/c17-13-7-5-11(6-8-13)14(18)16-9-10-1-3-12(4-2-10)15(19)20/h5-8,10,12,17H,1-4,9H2,(H,16,18)(H,19,20). The summed E-state index contributed by atoms with van der Waals surface area (Å²) in [6, 6.07) is 6.11. The predicted molar refractivity (Wildman–Crippen MR) is 73.5 cm³/mol. The van der Waals surface area contributed by atoms with Gasteiger partial charge in [-0.15, -0.1) is 0 Å². The molecule has 0 atom stereocenters. The van der Waals surface area contributed by atoms with Crippen LogP contribution in [-0.4, -0.2) is 28.6 Å². The van der Waals surface area contributed by atoms with Gasteiger partial charge in [-0.3, -0.25) is 9.59 Å². The first-order valence-electron chi connectivity index (χ1n) is 6.86. The second kappa shape index (κ2) is 6.41. The Hall–Kier alpha value is -2.04. The van der Waals surface area contributed by atoms with Crippen LogP contribution < -0.4 is 5.32 Å². The van der Waals surface area contributed by atoms with Gasteiger partial charge in [0.1, 0.15) is 5.75 Å². The lowest BCUT2D eigenvalue weighted by molar-refractivity contribution is -0.143. The van der Waals surface area contributed by atoms with Crippen molar-refractivity contribution in [3.63, 3.8) is 0 Å². The summed E-state index contributed by atoms with van der Waals surface area (Å²) in [4.78, 5) is 22.7. The highest BCUT2D eigenvalue weighted by Crippen LogP contribution is 2.28.